The molecule has 2 heterocycles. The van der Waals surface area contributed by atoms with Gasteiger partial charge in [0.25, 0.3) is 5.91 Å². The molecule has 1 N–H and O–H groups in total. The van der Waals surface area contributed by atoms with Crippen LogP contribution in [0.3, 0.4) is 0 Å². The fourth-order valence-electron chi connectivity index (χ4n) is 1.84. The van der Waals surface area contributed by atoms with Gasteiger partial charge in [-0.2, -0.15) is 11.8 Å². The Morgan fingerprint density at radius 3 is 3.06 bits per heavy atom. The van der Waals surface area contributed by atoms with E-state index in [1.807, 2.05) is 17.8 Å². The number of nitrogens with one attached hydrogen (secondary N) is 1. The van der Waals surface area contributed by atoms with Crippen molar-refractivity contribution in [3.05, 3.63) is 28.5 Å². The maximum atomic E-state index is 11.9. The Labute approximate surface area is 114 Å². The highest BCUT2D eigenvalue weighted by Crippen LogP contribution is 2.36. The van der Waals surface area contributed by atoms with Crippen molar-refractivity contribution in [3.63, 3.8) is 0 Å². The van der Waals surface area contributed by atoms with Gasteiger partial charge < -0.3 is 5.32 Å². The Bertz CT molecular complexity index is 401. The lowest BCUT2D eigenvalue weighted by molar-refractivity contribution is 0.0945. The molecule has 1 aliphatic heterocycles. The third kappa shape index (κ3) is 3.45. The summed E-state index contributed by atoms with van der Waals surface area (Å²) in [4.78, 5) is 15.9. The fraction of sp³-hybridized carbons (Fsp3) is 0.500. The van der Waals surface area contributed by atoms with Gasteiger partial charge in [-0.3, -0.25) is 4.79 Å². The molecular formula is C12H15BrN2OS. The quantitative estimate of drug-likeness (QED) is 0.932. The molecule has 0 spiro atoms. The van der Waals surface area contributed by atoms with Crippen LogP contribution in [0.5, 0.6) is 0 Å². The number of thioether (sulfide) groups is 1. The van der Waals surface area contributed by atoms with E-state index in [2.05, 4.69) is 33.2 Å². The van der Waals surface area contributed by atoms with Crippen LogP contribution in [0, 0.1) is 0 Å². The van der Waals surface area contributed by atoms with Crippen LogP contribution in [-0.4, -0.2) is 27.9 Å². The summed E-state index contributed by atoms with van der Waals surface area (Å²) in [5.74, 6) is 1.11. The molecule has 1 atom stereocenters. The molecule has 2 rings (SSSR count). The lowest BCUT2D eigenvalue weighted by atomic mass is 10.1. The number of carbonyl (C=O) groups excluding carboxylic acids is 1. The largest absolute Gasteiger partial charge is 0.349 e. The molecule has 0 aromatic carbocycles. The molecule has 1 fully saturated rings. The van der Waals surface area contributed by atoms with Gasteiger partial charge in [0.2, 0.25) is 0 Å². The van der Waals surface area contributed by atoms with E-state index in [0.717, 1.165) is 4.47 Å². The molecular weight excluding hydrogens is 300 g/mol. The maximum Gasteiger partial charge on any atom is 0.269 e. The lowest BCUT2D eigenvalue weighted by Gasteiger charge is -2.22. The second-order valence-corrected chi connectivity index (χ2v) is 7.04. The van der Waals surface area contributed by atoms with Crippen molar-refractivity contribution in [2.24, 2.45) is 0 Å². The lowest BCUT2D eigenvalue weighted by Crippen LogP contribution is -2.37. The third-order valence-corrected chi connectivity index (χ3v) is 4.89. The Morgan fingerprint density at radius 2 is 2.47 bits per heavy atom. The van der Waals surface area contributed by atoms with Crippen LogP contribution in [0.25, 0.3) is 0 Å². The molecule has 17 heavy (non-hydrogen) atoms. The Morgan fingerprint density at radius 1 is 1.65 bits per heavy atom. The summed E-state index contributed by atoms with van der Waals surface area (Å²) in [5, 5.41) is 2.96. The Balaban J connectivity index is 1.91. The molecule has 1 saturated heterocycles. The zero-order valence-electron chi connectivity index (χ0n) is 9.70. The minimum Gasteiger partial charge on any atom is -0.349 e. The van der Waals surface area contributed by atoms with E-state index in [1.165, 1.54) is 18.6 Å². The number of hydrogen-bond acceptors (Lipinski definition) is 3. The van der Waals surface area contributed by atoms with Gasteiger partial charge in [0.05, 0.1) is 0 Å². The summed E-state index contributed by atoms with van der Waals surface area (Å²) >= 11 is 5.24. The van der Waals surface area contributed by atoms with Crippen LogP contribution in [0.2, 0.25) is 0 Å². The number of hydrogen-bond donors (Lipinski definition) is 1. The monoisotopic (exact) mass is 314 g/mol. The van der Waals surface area contributed by atoms with Crippen molar-refractivity contribution in [1.29, 1.82) is 0 Å². The number of amides is 1. The average Bonchev–Trinajstić information content (AvgIpc) is 2.75. The van der Waals surface area contributed by atoms with Crippen molar-refractivity contribution in [1.82, 2.24) is 10.3 Å². The Kier molecular flexibility index (Phi) is 4.09. The highest BCUT2D eigenvalue weighted by Gasteiger charge is 2.29. The van der Waals surface area contributed by atoms with Crippen LogP contribution in [0.1, 0.15) is 30.3 Å². The molecule has 92 valence electrons. The molecule has 0 bridgehead atoms. The van der Waals surface area contributed by atoms with Crippen molar-refractivity contribution < 1.29 is 4.79 Å². The first-order valence-corrected chi connectivity index (χ1v) is 7.41. The first-order chi connectivity index (χ1) is 8.09. The van der Waals surface area contributed by atoms with Crippen molar-refractivity contribution in [2.45, 2.75) is 24.5 Å². The van der Waals surface area contributed by atoms with Gasteiger partial charge in [-0.05, 0) is 53.6 Å². The smallest absolute Gasteiger partial charge is 0.269 e. The fourth-order valence-corrected chi connectivity index (χ4v) is 3.32. The highest BCUT2D eigenvalue weighted by molar-refractivity contribution is 9.10. The minimum absolute atomic E-state index is 0.0915. The molecule has 1 aromatic heterocycles. The van der Waals surface area contributed by atoms with Gasteiger partial charge in [0.1, 0.15) is 5.69 Å². The normalized spacial score (nSPS) is 23.6. The van der Waals surface area contributed by atoms with E-state index in [1.54, 1.807) is 12.3 Å². The highest BCUT2D eigenvalue weighted by atomic mass is 79.9. The number of carbonyl (C=O) groups is 1. The molecule has 0 radical (unpaired) electrons. The second kappa shape index (κ2) is 5.40. The number of nitrogens with zero attached hydrogens (tertiary/aromatic N) is 1. The van der Waals surface area contributed by atoms with Crippen molar-refractivity contribution in [3.8, 4) is 0 Å². The molecule has 1 amide bonds. The molecule has 0 saturated carbocycles. The van der Waals surface area contributed by atoms with Gasteiger partial charge in [-0.25, -0.2) is 4.98 Å². The number of pyridine rings is 1. The van der Waals surface area contributed by atoms with Crippen molar-refractivity contribution >= 4 is 33.6 Å². The Hall–Kier alpha value is -0.550. The van der Waals surface area contributed by atoms with E-state index in [0.29, 0.717) is 12.2 Å². The summed E-state index contributed by atoms with van der Waals surface area (Å²) in [6.07, 6.45) is 4.06. The number of aromatic nitrogens is 1. The summed E-state index contributed by atoms with van der Waals surface area (Å²) in [5.41, 5.74) is 0.472. The van der Waals surface area contributed by atoms with Crippen LogP contribution >= 0.6 is 27.7 Å². The van der Waals surface area contributed by atoms with Gasteiger partial charge in [0.15, 0.2) is 0 Å². The molecule has 1 aromatic rings. The molecule has 0 aliphatic carbocycles. The SMILES string of the molecule is CC1(CNC(=O)c2ccc(Br)cn2)CCCS1. The van der Waals surface area contributed by atoms with Gasteiger partial charge in [0, 0.05) is 22.0 Å². The van der Waals surface area contributed by atoms with E-state index < -0.39 is 0 Å². The van der Waals surface area contributed by atoms with Crippen molar-refractivity contribution in [2.75, 3.05) is 12.3 Å². The van der Waals surface area contributed by atoms with Gasteiger partial charge in [-0.15, -0.1) is 0 Å². The van der Waals surface area contributed by atoms with Crippen LogP contribution < -0.4 is 5.32 Å². The third-order valence-electron chi connectivity index (χ3n) is 2.88. The number of rotatable bonds is 3. The first-order valence-electron chi connectivity index (χ1n) is 5.63. The second-order valence-electron chi connectivity index (χ2n) is 4.45. The summed E-state index contributed by atoms with van der Waals surface area (Å²) in [6, 6.07) is 3.55. The van der Waals surface area contributed by atoms with Crippen LogP contribution in [-0.2, 0) is 0 Å². The molecule has 3 nitrogen and oxygen atoms in total. The molecule has 1 unspecified atom stereocenters. The molecule has 1 aliphatic rings. The van der Waals surface area contributed by atoms with E-state index in [-0.39, 0.29) is 10.7 Å². The number of halogens is 1. The predicted molar refractivity (Wildman–Crippen MR) is 74.4 cm³/mol. The van der Waals surface area contributed by atoms with Crippen LogP contribution in [0.4, 0.5) is 0 Å². The summed E-state index contributed by atoms with van der Waals surface area (Å²) < 4.78 is 1.08. The predicted octanol–water partition coefficient (Wildman–Crippen LogP) is 2.86. The zero-order valence-corrected chi connectivity index (χ0v) is 12.1. The van der Waals surface area contributed by atoms with Gasteiger partial charge in [-0.1, -0.05) is 0 Å². The maximum absolute atomic E-state index is 11.9. The summed E-state index contributed by atoms with van der Waals surface area (Å²) in [7, 11) is 0. The molecule has 5 heteroatoms. The van der Waals surface area contributed by atoms with Gasteiger partial charge >= 0.3 is 0 Å². The first kappa shape index (κ1) is 12.9. The van der Waals surface area contributed by atoms with E-state index in [4.69, 9.17) is 0 Å². The zero-order chi connectivity index (χ0) is 12.3. The van der Waals surface area contributed by atoms with E-state index in [9.17, 15) is 4.79 Å². The average molecular weight is 315 g/mol. The summed E-state index contributed by atoms with van der Waals surface area (Å²) in [6.45, 7) is 2.92. The standard InChI is InChI=1S/C12H15BrN2OS/c1-12(5-2-6-17-12)8-15-11(16)10-4-3-9(13)7-14-10/h3-4,7H,2,5-6,8H2,1H3,(H,15,16). The van der Waals surface area contributed by atoms with Crippen LogP contribution in [0.15, 0.2) is 22.8 Å². The topological polar surface area (TPSA) is 42.0 Å². The minimum atomic E-state index is -0.0915. The van der Waals surface area contributed by atoms with E-state index >= 15 is 0 Å².